The minimum absolute atomic E-state index is 0.133. The predicted octanol–water partition coefficient (Wildman–Crippen LogP) is 5.33. The van der Waals surface area contributed by atoms with Crippen molar-refractivity contribution >= 4 is 41.9 Å². The zero-order valence-corrected chi connectivity index (χ0v) is 23.4. The fourth-order valence-corrected chi connectivity index (χ4v) is 7.32. The molecule has 0 bridgehead atoms. The molecule has 2 N–H and O–H groups in total. The number of amides is 2. The van der Waals surface area contributed by atoms with Crippen LogP contribution in [0.5, 0.6) is 5.75 Å². The van der Waals surface area contributed by atoms with Gasteiger partial charge in [-0.25, -0.2) is 4.39 Å². The van der Waals surface area contributed by atoms with Crippen LogP contribution in [0, 0.1) is 23.6 Å². The Morgan fingerprint density at radius 1 is 1.20 bits per heavy atom. The summed E-state index contributed by atoms with van der Waals surface area (Å²) in [6, 6.07) is 13.6. The third-order valence-corrected chi connectivity index (χ3v) is 9.28. The summed E-state index contributed by atoms with van der Waals surface area (Å²) in [6.45, 7) is 2.28. The summed E-state index contributed by atoms with van der Waals surface area (Å²) in [5.74, 6) is -2.62. The SMILES string of the molecule is CC1=C2[C@@H](CC/C(=C/c3ccc(O)c(F)c3)c3ccccn3)OB(O)C[C@@H]2[C@@H]2C(=O)N(Cc3cccs3)C(=O)[C@@H]2C1. The number of aromatic hydroxyl groups is 1. The Balaban J connectivity index is 1.27. The Hall–Kier alpha value is -3.60. The molecule has 4 atom stereocenters. The molecule has 0 unspecified atom stereocenters. The Bertz CT molecular complexity index is 1530. The highest BCUT2D eigenvalue weighted by Crippen LogP contribution is 2.51. The third-order valence-electron chi connectivity index (χ3n) is 8.42. The molecule has 3 aromatic rings. The van der Waals surface area contributed by atoms with Crippen molar-refractivity contribution in [2.24, 2.45) is 17.8 Å². The molecule has 4 heterocycles. The largest absolute Gasteiger partial charge is 0.505 e. The fourth-order valence-electron chi connectivity index (χ4n) is 6.63. The number of nitrogens with zero attached hydrogens (tertiary/aromatic N) is 2. The first kappa shape index (κ1) is 27.6. The molecule has 2 fully saturated rings. The van der Waals surface area contributed by atoms with Crippen LogP contribution in [0.25, 0.3) is 11.6 Å². The van der Waals surface area contributed by atoms with Crippen molar-refractivity contribution in [3.8, 4) is 5.75 Å². The molecule has 210 valence electrons. The van der Waals surface area contributed by atoms with E-state index in [-0.39, 0.29) is 30.6 Å². The molecule has 2 aromatic heterocycles. The monoisotopic (exact) mass is 572 g/mol. The lowest BCUT2D eigenvalue weighted by molar-refractivity contribution is -0.140. The number of imide groups is 1. The average Bonchev–Trinajstić information content (AvgIpc) is 3.56. The van der Waals surface area contributed by atoms with Gasteiger partial charge in [-0.3, -0.25) is 19.5 Å². The smallest absolute Gasteiger partial charge is 0.455 e. The zero-order chi connectivity index (χ0) is 28.7. The average molecular weight is 572 g/mol. The van der Waals surface area contributed by atoms with Gasteiger partial charge in [-0.1, -0.05) is 23.8 Å². The van der Waals surface area contributed by atoms with E-state index in [1.165, 1.54) is 28.4 Å². The summed E-state index contributed by atoms with van der Waals surface area (Å²) >= 11 is 1.52. The summed E-state index contributed by atoms with van der Waals surface area (Å²) in [4.78, 5) is 33.9. The highest BCUT2D eigenvalue weighted by atomic mass is 32.1. The van der Waals surface area contributed by atoms with Crippen LogP contribution in [-0.4, -0.2) is 45.1 Å². The molecule has 41 heavy (non-hydrogen) atoms. The first-order valence-corrected chi connectivity index (χ1v) is 14.7. The predicted molar refractivity (Wildman–Crippen MR) is 155 cm³/mol. The van der Waals surface area contributed by atoms with E-state index in [1.54, 1.807) is 12.3 Å². The second-order valence-electron chi connectivity index (χ2n) is 11.0. The molecule has 2 aliphatic heterocycles. The van der Waals surface area contributed by atoms with Gasteiger partial charge in [0.05, 0.1) is 30.2 Å². The van der Waals surface area contributed by atoms with E-state index in [9.17, 15) is 24.1 Å². The molecular weight excluding hydrogens is 542 g/mol. The molecule has 0 spiro atoms. The van der Waals surface area contributed by atoms with Crippen molar-refractivity contribution in [2.75, 3.05) is 0 Å². The molecule has 3 aliphatic rings. The maximum Gasteiger partial charge on any atom is 0.455 e. The summed E-state index contributed by atoms with van der Waals surface area (Å²) in [5, 5.41) is 22.3. The normalized spacial score (nSPS) is 24.6. The first-order valence-electron chi connectivity index (χ1n) is 13.8. The lowest BCUT2D eigenvalue weighted by Gasteiger charge is -2.42. The molecule has 7 nitrogen and oxygen atoms in total. The van der Waals surface area contributed by atoms with Gasteiger partial charge in [0, 0.05) is 11.1 Å². The Labute approximate surface area is 242 Å². The van der Waals surface area contributed by atoms with E-state index in [4.69, 9.17) is 4.65 Å². The molecule has 2 saturated heterocycles. The molecule has 0 saturated carbocycles. The summed E-state index contributed by atoms with van der Waals surface area (Å²) in [5.41, 5.74) is 4.20. The van der Waals surface area contributed by atoms with Crippen LogP contribution in [-0.2, 0) is 20.8 Å². The van der Waals surface area contributed by atoms with Gasteiger partial charge < -0.3 is 14.8 Å². The van der Waals surface area contributed by atoms with Crippen molar-refractivity contribution < 1.29 is 28.8 Å². The van der Waals surface area contributed by atoms with Crippen molar-refractivity contribution in [3.05, 3.63) is 93.2 Å². The molecule has 2 amide bonds. The van der Waals surface area contributed by atoms with Gasteiger partial charge in [0.1, 0.15) is 0 Å². The van der Waals surface area contributed by atoms with Gasteiger partial charge in [-0.2, -0.15) is 0 Å². The van der Waals surface area contributed by atoms with Crippen LogP contribution in [0.1, 0.15) is 42.3 Å². The number of fused-ring (bicyclic) bond motifs is 3. The van der Waals surface area contributed by atoms with E-state index in [0.29, 0.717) is 24.8 Å². The Morgan fingerprint density at radius 3 is 2.78 bits per heavy atom. The molecule has 10 heteroatoms. The number of allylic oxidation sites excluding steroid dienone is 2. The number of hydrogen-bond donors (Lipinski definition) is 2. The number of benzene rings is 1. The summed E-state index contributed by atoms with van der Waals surface area (Å²) in [6.07, 6.45) is 4.85. The number of rotatable bonds is 7. The van der Waals surface area contributed by atoms with Gasteiger partial charge in [0.2, 0.25) is 11.8 Å². The lowest BCUT2D eigenvalue weighted by Crippen LogP contribution is -2.46. The van der Waals surface area contributed by atoms with E-state index in [1.807, 2.05) is 48.7 Å². The maximum atomic E-state index is 14.1. The number of thiophene rings is 1. The number of phenols is 1. The van der Waals surface area contributed by atoms with Crippen molar-refractivity contribution in [1.29, 1.82) is 0 Å². The van der Waals surface area contributed by atoms with E-state index in [2.05, 4.69) is 4.98 Å². The fraction of sp³-hybridized carbons (Fsp3) is 0.323. The molecule has 6 rings (SSSR count). The summed E-state index contributed by atoms with van der Waals surface area (Å²) in [7, 11) is -1.05. The van der Waals surface area contributed by atoms with Crippen LogP contribution in [0.3, 0.4) is 0 Å². The van der Waals surface area contributed by atoms with Crippen LogP contribution in [0.4, 0.5) is 4.39 Å². The number of carbonyl (C=O) groups excluding carboxylic acids is 2. The van der Waals surface area contributed by atoms with Gasteiger partial charge in [0.15, 0.2) is 11.6 Å². The quantitative estimate of drug-likeness (QED) is 0.226. The summed E-state index contributed by atoms with van der Waals surface area (Å²) < 4.78 is 20.1. The van der Waals surface area contributed by atoms with Crippen molar-refractivity contribution in [2.45, 2.75) is 45.2 Å². The molecule has 1 aromatic carbocycles. The second kappa shape index (κ2) is 11.4. The number of carbonyl (C=O) groups is 2. The minimum atomic E-state index is -1.05. The molecule has 1 aliphatic carbocycles. The zero-order valence-electron chi connectivity index (χ0n) is 22.6. The number of hydrogen-bond acceptors (Lipinski definition) is 7. The van der Waals surface area contributed by atoms with E-state index in [0.717, 1.165) is 27.3 Å². The Kier molecular flexibility index (Phi) is 7.63. The van der Waals surface area contributed by atoms with Crippen LogP contribution >= 0.6 is 11.3 Å². The van der Waals surface area contributed by atoms with E-state index < -0.39 is 36.6 Å². The van der Waals surface area contributed by atoms with Crippen molar-refractivity contribution in [1.82, 2.24) is 9.88 Å². The van der Waals surface area contributed by atoms with Crippen LogP contribution in [0.2, 0.25) is 6.32 Å². The van der Waals surface area contributed by atoms with Crippen molar-refractivity contribution in [3.63, 3.8) is 0 Å². The van der Waals surface area contributed by atoms with E-state index >= 15 is 0 Å². The number of likely N-dealkylation sites (tertiary alicyclic amines) is 1. The molecular formula is C31H30BFN2O5S. The number of pyridine rings is 1. The van der Waals surface area contributed by atoms with Gasteiger partial charge in [-0.05, 0) is 96.9 Å². The Morgan fingerprint density at radius 2 is 2.05 bits per heavy atom. The number of halogens is 1. The van der Waals surface area contributed by atoms with Crippen LogP contribution in [0.15, 0.2) is 71.3 Å². The third kappa shape index (κ3) is 5.39. The van der Waals surface area contributed by atoms with Gasteiger partial charge in [-0.15, -0.1) is 11.3 Å². The van der Waals surface area contributed by atoms with Gasteiger partial charge in [0.25, 0.3) is 0 Å². The topological polar surface area (TPSA) is 100.0 Å². The number of aromatic nitrogens is 1. The molecule has 0 radical (unpaired) electrons. The standard InChI is InChI=1S/C31H30BFN2O5S/c1-18-13-22-29(31(38)35(30(22)37)17-21-5-4-12-41-21)23-16-32(39)40-27(28(18)23)10-8-20(25-6-2-3-11-34-25)14-19-7-9-26(36)24(33)15-19/h2-7,9,11-12,14-15,22-23,27,29,36,39H,8,10,13,16-17H2,1H3/b20-14-/t22-,23+,27-,29-/m1/s1. The second-order valence-corrected chi connectivity index (χ2v) is 12.0. The lowest BCUT2D eigenvalue weighted by atomic mass is 9.58. The maximum absolute atomic E-state index is 14.1. The minimum Gasteiger partial charge on any atom is -0.505 e. The highest BCUT2D eigenvalue weighted by Gasteiger charge is 2.56. The van der Waals surface area contributed by atoms with Crippen LogP contribution < -0.4 is 0 Å². The number of phenolic OH excluding ortho intramolecular Hbond substituents is 1. The first-order chi connectivity index (χ1) is 19.8. The van der Waals surface area contributed by atoms with Gasteiger partial charge >= 0.3 is 7.12 Å². The highest BCUT2D eigenvalue weighted by molar-refractivity contribution is 7.09.